The number of fused-ring (bicyclic) bond motifs is 1. The van der Waals surface area contributed by atoms with Crippen LogP contribution in [0.2, 0.25) is 0 Å². The average Bonchev–Trinajstić information content (AvgIpc) is 3.63. The maximum atomic E-state index is 13.1. The van der Waals surface area contributed by atoms with Gasteiger partial charge in [0.25, 0.3) is 5.91 Å². The molecule has 5 heteroatoms. The van der Waals surface area contributed by atoms with Gasteiger partial charge in [0.05, 0.1) is 5.56 Å². The molecule has 2 amide bonds. The second kappa shape index (κ2) is 10.2. The van der Waals surface area contributed by atoms with Gasteiger partial charge in [-0.25, -0.2) is 0 Å². The van der Waals surface area contributed by atoms with E-state index < -0.39 is 0 Å². The lowest BCUT2D eigenvalue weighted by atomic mass is 9.97. The number of benzene rings is 2. The molecule has 0 unspecified atom stereocenters. The van der Waals surface area contributed by atoms with Crippen LogP contribution >= 0.6 is 0 Å². The number of carbonyl (C=O) groups is 2. The molecule has 2 aliphatic rings. The molecule has 2 N–H and O–H groups in total. The van der Waals surface area contributed by atoms with Crippen LogP contribution in [0.1, 0.15) is 73.9 Å². The van der Waals surface area contributed by atoms with Crippen LogP contribution in [-0.4, -0.2) is 24.4 Å². The molecule has 0 bridgehead atoms. The fraction of sp³-hybridized carbons (Fsp3) is 0.481. The second-order valence-corrected chi connectivity index (χ2v) is 9.16. The molecule has 0 saturated heterocycles. The molecule has 1 aliphatic carbocycles. The molecule has 4 rings (SSSR count). The summed E-state index contributed by atoms with van der Waals surface area (Å²) in [5.74, 6) is 0.0154. The number of hydrogen-bond acceptors (Lipinski definition) is 3. The third-order valence-electron chi connectivity index (χ3n) is 6.66. The minimum atomic E-state index is -0.0458. The van der Waals surface area contributed by atoms with Gasteiger partial charge in [0.1, 0.15) is 0 Å². The van der Waals surface area contributed by atoms with E-state index >= 15 is 0 Å². The van der Waals surface area contributed by atoms with Crippen molar-refractivity contribution >= 4 is 23.2 Å². The van der Waals surface area contributed by atoms with E-state index in [1.165, 1.54) is 11.1 Å². The van der Waals surface area contributed by atoms with E-state index in [1.807, 2.05) is 18.2 Å². The average molecular weight is 434 g/mol. The quantitative estimate of drug-likeness (QED) is 0.564. The Morgan fingerprint density at radius 3 is 2.59 bits per heavy atom. The van der Waals surface area contributed by atoms with E-state index in [4.69, 9.17) is 0 Å². The first-order valence-electron chi connectivity index (χ1n) is 12.2. The molecule has 2 aromatic rings. The molecular formula is C27H35N3O2. The highest BCUT2D eigenvalue weighted by Crippen LogP contribution is 2.31. The van der Waals surface area contributed by atoms with E-state index in [1.54, 1.807) is 0 Å². The van der Waals surface area contributed by atoms with Gasteiger partial charge in [0.2, 0.25) is 5.91 Å². The Morgan fingerprint density at radius 2 is 1.88 bits per heavy atom. The van der Waals surface area contributed by atoms with Crippen LogP contribution < -0.4 is 15.5 Å². The van der Waals surface area contributed by atoms with E-state index in [2.05, 4.69) is 53.6 Å². The molecular weight excluding hydrogens is 398 g/mol. The van der Waals surface area contributed by atoms with Crippen LogP contribution in [0, 0.1) is 5.92 Å². The van der Waals surface area contributed by atoms with Crippen molar-refractivity contribution in [2.45, 2.75) is 71.4 Å². The minimum absolute atomic E-state index is 0.0111. The first-order valence-corrected chi connectivity index (χ1v) is 12.2. The monoisotopic (exact) mass is 433 g/mol. The summed E-state index contributed by atoms with van der Waals surface area (Å²) in [6, 6.07) is 14.6. The third kappa shape index (κ3) is 5.32. The summed E-state index contributed by atoms with van der Waals surface area (Å²) in [4.78, 5) is 28.2. The SMILES string of the molecule is CCCC[C@@H](CC)C(=O)Nc1ccc(N2CCc3ccccc3C2)c(C(=O)NC2CC2)c1. The Morgan fingerprint density at radius 1 is 1.09 bits per heavy atom. The lowest BCUT2D eigenvalue weighted by Gasteiger charge is -2.32. The van der Waals surface area contributed by atoms with Gasteiger partial charge >= 0.3 is 0 Å². The van der Waals surface area contributed by atoms with Crippen molar-refractivity contribution in [3.63, 3.8) is 0 Å². The third-order valence-corrected chi connectivity index (χ3v) is 6.66. The number of rotatable bonds is 9. The summed E-state index contributed by atoms with van der Waals surface area (Å²) < 4.78 is 0. The lowest BCUT2D eigenvalue weighted by molar-refractivity contribution is -0.120. The standard InChI is InChI=1S/C27H35N3O2/c1-3-5-8-19(4-2)26(31)29-23-13-14-25(24(17-23)27(32)28-22-11-12-22)30-16-15-20-9-6-7-10-21(20)18-30/h6-7,9-10,13-14,17,19,22H,3-5,8,11-12,15-16,18H2,1-2H3,(H,28,32)(H,29,31)/t19-/m1/s1. The zero-order valence-corrected chi connectivity index (χ0v) is 19.3. The highest BCUT2D eigenvalue weighted by Gasteiger charge is 2.27. The molecule has 0 aromatic heterocycles. The van der Waals surface area contributed by atoms with Crippen molar-refractivity contribution in [2.24, 2.45) is 5.92 Å². The maximum absolute atomic E-state index is 13.1. The number of nitrogens with one attached hydrogen (secondary N) is 2. The zero-order valence-electron chi connectivity index (χ0n) is 19.3. The number of anilines is 2. The first kappa shape index (κ1) is 22.4. The fourth-order valence-electron chi connectivity index (χ4n) is 4.48. The Labute approximate surface area is 191 Å². The van der Waals surface area contributed by atoms with Gasteiger partial charge < -0.3 is 15.5 Å². The lowest BCUT2D eigenvalue weighted by Crippen LogP contribution is -2.34. The van der Waals surface area contributed by atoms with Gasteiger partial charge in [-0.05, 0) is 61.4 Å². The summed E-state index contributed by atoms with van der Waals surface area (Å²) >= 11 is 0. The molecule has 1 saturated carbocycles. The Hall–Kier alpha value is -2.82. The molecule has 1 fully saturated rings. The number of hydrogen-bond donors (Lipinski definition) is 2. The van der Waals surface area contributed by atoms with Crippen LogP contribution in [0.25, 0.3) is 0 Å². The van der Waals surface area contributed by atoms with Crippen LogP contribution in [0.15, 0.2) is 42.5 Å². The van der Waals surface area contributed by atoms with E-state index in [9.17, 15) is 9.59 Å². The zero-order chi connectivity index (χ0) is 22.5. The smallest absolute Gasteiger partial charge is 0.253 e. The van der Waals surface area contributed by atoms with Gasteiger partial charge in [0.15, 0.2) is 0 Å². The molecule has 170 valence electrons. The molecule has 32 heavy (non-hydrogen) atoms. The molecule has 0 spiro atoms. The van der Waals surface area contributed by atoms with Gasteiger partial charge in [0, 0.05) is 36.4 Å². The minimum Gasteiger partial charge on any atom is -0.366 e. The summed E-state index contributed by atoms with van der Waals surface area (Å²) in [5, 5.41) is 6.21. The second-order valence-electron chi connectivity index (χ2n) is 9.16. The normalized spacial score (nSPS) is 16.2. The van der Waals surface area contributed by atoms with Crippen LogP contribution in [0.5, 0.6) is 0 Å². The van der Waals surface area contributed by atoms with E-state index in [0.717, 1.165) is 63.7 Å². The highest BCUT2D eigenvalue weighted by molar-refractivity contribution is 6.02. The number of carbonyl (C=O) groups excluding carboxylic acids is 2. The first-order chi connectivity index (χ1) is 15.6. The van der Waals surface area contributed by atoms with Gasteiger partial charge in [-0.15, -0.1) is 0 Å². The molecule has 1 aliphatic heterocycles. The van der Waals surface area contributed by atoms with Crippen molar-refractivity contribution in [1.82, 2.24) is 5.32 Å². The summed E-state index contributed by atoms with van der Waals surface area (Å²) in [6.45, 7) is 5.88. The predicted molar refractivity (Wildman–Crippen MR) is 130 cm³/mol. The van der Waals surface area contributed by atoms with Crippen LogP contribution in [0.4, 0.5) is 11.4 Å². The molecule has 0 radical (unpaired) electrons. The summed E-state index contributed by atoms with van der Waals surface area (Å²) in [5.41, 5.74) is 4.98. The largest absolute Gasteiger partial charge is 0.366 e. The summed E-state index contributed by atoms with van der Waals surface area (Å²) in [6.07, 6.45) is 6.92. The van der Waals surface area contributed by atoms with Crippen molar-refractivity contribution in [3.8, 4) is 0 Å². The molecule has 1 atom stereocenters. The Balaban J connectivity index is 1.57. The van der Waals surface area contributed by atoms with Crippen LogP contribution in [-0.2, 0) is 17.8 Å². The Bertz CT molecular complexity index is 967. The van der Waals surface area contributed by atoms with Gasteiger partial charge in [-0.2, -0.15) is 0 Å². The topological polar surface area (TPSA) is 61.4 Å². The van der Waals surface area contributed by atoms with E-state index in [-0.39, 0.29) is 23.8 Å². The van der Waals surface area contributed by atoms with Gasteiger partial charge in [-0.3, -0.25) is 9.59 Å². The van der Waals surface area contributed by atoms with Crippen LogP contribution in [0.3, 0.4) is 0 Å². The summed E-state index contributed by atoms with van der Waals surface area (Å²) in [7, 11) is 0. The van der Waals surface area contributed by atoms with E-state index in [0.29, 0.717) is 11.3 Å². The van der Waals surface area contributed by atoms with Gasteiger partial charge in [-0.1, -0.05) is 51.0 Å². The van der Waals surface area contributed by atoms with Crippen molar-refractivity contribution in [3.05, 3.63) is 59.2 Å². The van der Waals surface area contributed by atoms with Crippen molar-refractivity contribution in [2.75, 3.05) is 16.8 Å². The van der Waals surface area contributed by atoms with Crippen molar-refractivity contribution in [1.29, 1.82) is 0 Å². The number of amides is 2. The predicted octanol–water partition coefficient (Wildman–Crippen LogP) is 5.30. The molecule has 1 heterocycles. The maximum Gasteiger partial charge on any atom is 0.253 e. The molecule has 2 aromatic carbocycles. The molecule has 5 nitrogen and oxygen atoms in total. The van der Waals surface area contributed by atoms with Crippen molar-refractivity contribution < 1.29 is 9.59 Å². The fourth-order valence-corrected chi connectivity index (χ4v) is 4.48. The number of nitrogens with zero attached hydrogens (tertiary/aromatic N) is 1. The number of unbranched alkanes of at least 4 members (excludes halogenated alkanes) is 1. The highest BCUT2D eigenvalue weighted by atomic mass is 16.2. The Kier molecular flexibility index (Phi) is 7.13.